The van der Waals surface area contributed by atoms with E-state index in [0.29, 0.717) is 13.2 Å². The molecule has 1 aromatic carbocycles. The standard InChI is InChI=1S/C21H29N3O3/c1-4-13-27-18-10-8-17(9-11-18)14-23(3)15-24-19(25)21(22-20(24)26)12-6-5-7-16(21)2/h4,8-11,16H,1,5-7,12-15H2,2-3H3,(H,22,26). The van der Waals surface area contributed by atoms with E-state index in [1.165, 1.54) is 4.90 Å². The lowest BCUT2D eigenvalue weighted by Crippen LogP contribution is -2.54. The summed E-state index contributed by atoms with van der Waals surface area (Å²) in [5, 5.41) is 3.00. The van der Waals surface area contributed by atoms with Crippen LogP contribution in [-0.2, 0) is 11.3 Å². The number of hydrogen-bond donors (Lipinski definition) is 1. The first-order chi connectivity index (χ1) is 13.0. The van der Waals surface area contributed by atoms with E-state index >= 15 is 0 Å². The van der Waals surface area contributed by atoms with Crippen molar-refractivity contribution in [3.63, 3.8) is 0 Å². The number of nitrogens with zero attached hydrogens (tertiary/aromatic N) is 2. The van der Waals surface area contributed by atoms with Gasteiger partial charge in [0.25, 0.3) is 5.91 Å². The van der Waals surface area contributed by atoms with Crippen LogP contribution in [0.15, 0.2) is 36.9 Å². The minimum absolute atomic E-state index is 0.0697. The van der Waals surface area contributed by atoms with Gasteiger partial charge in [0, 0.05) is 6.54 Å². The second-order valence-electron chi connectivity index (χ2n) is 7.68. The Balaban J connectivity index is 1.60. The summed E-state index contributed by atoms with van der Waals surface area (Å²) < 4.78 is 5.49. The highest BCUT2D eigenvalue weighted by atomic mass is 16.5. The van der Waals surface area contributed by atoms with Gasteiger partial charge < -0.3 is 10.1 Å². The summed E-state index contributed by atoms with van der Waals surface area (Å²) in [5.41, 5.74) is 0.400. The lowest BCUT2D eigenvalue weighted by Gasteiger charge is -2.37. The summed E-state index contributed by atoms with van der Waals surface area (Å²) in [6.45, 7) is 7.11. The maximum Gasteiger partial charge on any atom is 0.326 e. The SMILES string of the molecule is C=CCOc1ccc(CN(C)CN2C(=O)NC3(CCCCC3C)C2=O)cc1. The third-order valence-corrected chi connectivity index (χ3v) is 5.63. The molecule has 3 rings (SSSR count). The first-order valence-corrected chi connectivity index (χ1v) is 9.61. The van der Waals surface area contributed by atoms with Crippen LogP contribution >= 0.6 is 0 Å². The quantitative estimate of drug-likeness (QED) is 0.591. The van der Waals surface area contributed by atoms with Gasteiger partial charge in [-0.25, -0.2) is 9.69 Å². The van der Waals surface area contributed by atoms with Crippen LogP contribution in [0.1, 0.15) is 38.2 Å². The molecule has 6 heteroatoms. The summed E-state index contributed by atoms with van der Waals surface area (Å²) in [6, 6.07) is 7.55. The molecule has 27 heavy (non-hydrogen) atoms. The minimum Gasteiger partial charge on any atom is -0.490 e. The number of amides is 3. The maximum atomic E-state index is 13.0. The summed E-state index contributed by atoms with van der Waals surface area (Å²) in [5.74, 6) is 0.907. The van der Waals surface area contributed by atoms with Crippen molar-refractivity contribution in [2.75, 3.05) is 20.3 Å². The average Bonchev–Trinajstić information content (AvgIpc) is 2.88. The molecule has 1 aliphatic heterocycles. The summed E-state index contributed by atoms with van der Waals surface area (Å²) in [7, 11) is 1.91. The van der Waals surface area contributed by atoms with Gasteiger partial charge in [0.05, 0.1) is 6.67 Å². The molecule has 0 aromatic heterocycles. The number of urea groups is 1. The number of carbonyl (C=O) groups excluding carboxylic acids is 2. The molecule has 1 spiro atoms. The lowest BCUT2D eigenvalue weighted by atomic mass is 9.73. The van der Waals surface area contributed by atoms with Crippen molar-refractivity contribution in [2.24, 2.45) is 5.92 Å². The number of carbonyl (C=O) groups is 2. The van der Waals surface area contributed by atoms with Gasteiger partial charge in [-0.2, -0.15) is 0 Å². The monoisotopic (exact) mass is 371 g/mol. The molecular weight excluding hydrogens is 342 g/mol. The zero-order valence-electron chi connectivity index (χ0n) is 16.2. The van der Waals surface area contributed by atoms with E-state index in [-0.39, 0.29) is 24.5 Å². The average molecular weight is 371 g/mol. The van der Waals surface area contributed by atoms with Crippen LogP contribution in [0.2, 0.25) is 0 Å². The van der Waals surface area contributed by atoms with Gasteiger partial charge in [-0.1, -0.05) is 44.6 Å². The molecule has 1 saturated heterocycles. The maximum absolute atomic E-state index is 13.0. The van der Waals surface area contributed by atoms with Gasteiger partial charge in [-0.05, 0) is 43.5 Å². The molecule has 1 aromatic rings. The second-order valence-corrected chi connectivity index (χ2v) is 7.68. The van der Waals surface area contributed by atoms with E-state index in [2.05, 4.69) is 18.8 Å². The van der Waals surface area contributed by atoms with Gasteiger partial charge >= 0.3 is 6.03 Å². The molecule has 0 bridgehead atoms. The zero-order valence-corrected chi connectivity index (χ0v) is 16.2. The molecule has 6 nitrogen and oxygen atoms in total. The number of ether oxygens (including phenoxy) is 1. The predicted octanol–water partition coefficient (Wildman–Crippen LogP) is 3.14. The van der Waals surface area contributed by atoms with Crippen molar-refractivity contribution < 1.29 is 14.3 Å². The first-order valence-electron chi connectivity index (χ1n) is 9.61. The molecule has 1 saturated carbocycles. The van der Waals surface area contributed by atoms with Crippen molar-refractivity contribution in [2.45, 2.75) is 44.7 Å². The van der Waals surface area contributed by atoms with E-state index in [4.69, 9.17) is 4.74 Å². The highest BCUT2D eigenvalue weighted by Crippen LogP contribution is 2.38. The topological polar surface area (TPSA) is 61.9 Å². The lowest BCUT2D eigenvalue weighted by molar-refractivity contribution is -0.135. The third-order valence-electron chi connectivity index (χ3n) is 5.63. The van der Waals surface area contributed by atoms with Gasteiger partial charge in [-0.3, -0.25) is 9.69 Å². The molecule has 146 valence electrons. The van der Waals surface area contributed by atoms with E-state index in [1.54, 1.807) is 6.08 Å². The van der Waals surface area contributed by atoms with Crippen molar-refractivity contribution >= 4 is 11.9 Å². The number of imide groups is 1. The van der Waals surface area contributed by atoms with E-state index in [9.17, 15) is 9.59 Å². The summed E-state index contributed by atoms with van der Waals surface area (Å²) in [6.07, 6.45) is 5.54. The molecular formula is C21H29N3O3. The molecule has 1 aliphatic carbocycles. The minimum atomic E-state index is -0.694. The molecule has 2 atom stereocenters. The molecule has 2 fully saturated rings. The van der Waals surface area contributed by atoms with Crippen molar-refractivity contribution in [1.29, 1.82) is 0 Å². The Morgan fingerprint density at radius 1 is 1.33 bits per heavy atom. The summed E-state index contributed by atoms with van der Waals surface area (Å²) >= 11 is 0. The van der Waals surface area contributed by atoms with Crippen LogP contribution in [0.25, 0.3) is 0 Å². The second kappa shape index (κ2) is 8.13. The van der Waals surface area contributed by atoms with Gasteiger partial charge in [-0.15, -0.1) is 0 Å². The van der Waals surface area contributed by atoms with Gasteiger partial charge in [0.2, 0.25) is 0 Å². The number of hydrogen-bond acceptors (Lipinski definition) is 4. The van der Waals surface area contributed by atoms with Crippen molar-refractivity contribution in [1.82, 2.24) is 15.1 Å². The van der Waals surface area contributed by atoms with E-state index in [1.807, 2.05) is 36.2 Å². The largest absolute Gasteiger partial charge is 0.490 e. The molecule has 2 unspecified atom stereocenters. The van der Waals surface area contributed by atoms with Crippen LogP contribution in [0.4, 0.5) is 4.79 Å². The highest BCUT2D eigenvalue weighted by molar-refractivity contribution is 6.07. The molecule has 1 N–H and O–H groups in total. The Labute approximate surface area is 161 Å². The normalized spacial score (nSPS) is 25.1. The van der Waals surface area contributed by atoms with E-state index in [0.717, 1.165) is 37.0 Å². The van der Waals surface area contributed by atoms with Crippen molar-refractivity contribution in [3.05, 3.63) is 42.5 Å². The predicted molar refractivity (Wildman–Crippen MR) is 104 cm³/mol. The fourth-order valence-corrected chi connectivity index (χ4v) is 4.07. The first kappa shape index (κ1) is 19.4. The highest BCUT2D eigenvalue weighted by Gasteiger charge is 2.54. The molecule has 0 radical (unpaired) electrons. The third kappa shape index (κ3) is 4.00. The Hall–Kier alpha value is -2.34. The van der Waals surface area contributed by atoms with Gasteiger partial charge in [0.1, 0.15) is 17.9 Å². The van der Waals surface area contributed by atoms with Crippen LogP contribution in [-0.4, -0.2) is 47.6 Å². The smallest absolute Gasteiger partial charge is 0.326 e. The van der Waals surface area contributed by atoms with Gasteiger partial charge in [0.15, 0.2) is 0 Å². The number of nitrogens with one attached hydrogen (secondary N) is 1. The Morgan fingerprint density at radius 2 is 2.07 bits per heavy atom. The Bertz CT molecular complexity index is 703. The number of benzene rings is 1. The fourth-order valence-electron chi connectivity index (χ4n) is 4.07. The zero-order chi connectivity index (χ0) is 19.4. The fraction of sp³-hybridized carbons (Fsp3) is 0.524. The van der Waals surface area contributed by atoms with Crippen LogP contribution < -0.4 is 10.1 Å². The summed E-state index contributed by atoms with van der Waals surface area (Å²) in [4.78, 5) is 28.8. The Morgan fingerprint density at radius 3 is 2.74 bits per heavy atom. The van der Waals surface area contributed by atoms with Crippen LogP contribution in [0.3, 0.4) is 0 Å². The Kier molecular flexibility index (Phi) is 5.85. The molecule has 3 amide bonds. The van der Waals surface area contributed by atoms with Crippen molar-refractivity contribution in [3.8, 4) is 5.75 Å². The van der Waals surface area contributed by atoms with Crippen LogP contribution in [0.5, 0.6) is 5.75 Å². The molecule has 1 heterocycles. The molecule has 2 aliphatic rings. The number of rotatable bonds is 7. The van der Waals surface area contributed by atoms with Crippen LogP contribution in [0, 0.1) is 5.92 Å². The van der Waals surface area contributed by atoms with E-state index < -0.39 is 5.54 Å².